The zero-order valence-corrected chi connectivity index (χ0v) is 19.7. The van der Waals surface area contributed by atoms with Crippen molar-refractivity contribution in [1.29, 1.82) is 5.26 Å². The maximum Gasteiger partial charge on any atom is 0.349 e. The average Bonchev–Trinajstić information content (AvgIpc) is 2.88. The van der Waals surface area contributed by atoms with Gasteiger partial charge in [0.05, 0.1) is 12.5 Å². The van der Waals surface area contributed by atoms with Crippen LogP contribution in [-0.2, 0) is 4.79 Å². The van der Waals surface area contributed by atoms with E-state index >= 15 is 0 Å². The molecule has 1 heterocycles. The van der Waals surface area contributed by atoms with Crippen LogP contribution < -0.4 is 24.7 Å². The smallest absolute Gasteiger partial charge is 0.349 e. The number of ether oxygens (including phenoxy) is 4. The highest BCUT2D eigenvalue weighted by atomic mass is 19.1. The first-order valence-corrected chi connectivity index (χ1v) is 11.5. The minimum Gasteiger partial charge on any atom is -0.493 e. The molecule has 184 valence electrons. The van der Waals surface area contributed by atoms with Gasteiger partial charge in [0.15, 0.2) is 6.61 Å². The molecule has 0 aliphatic carbocycles. The number of hydrogen-bond acceptors (Lipinski definition) is 7. The van der Waals surface area contributed by atoms with E-state index in [0.717, 1.165) is 18.4 Å². The molecule has 0 saturated carbocycles. The number of benzene rings is 3. The number of hydrogen-bond donors (Lipinski definition) is 1. The number of allylic oxidation sites excluding steroid dienone is 1. The lowest BCUT2D eigenvalue weighted by molar-refractivity contribution is -0.136. The van der Waals surface area contributed by atoms with Crippen LogP contribution >= 0.6 is 0 Å². The monoisotopic (exact) mass is 488 g/mol. The van der Waals surface area contributed by atoms with E-state index in [2.05, 4.69) is 13.0 Å². The predicted octanol–water partition coefficient (Wildman–Crippen LogP) is 5.21. The van der Waals surface area contributed by atoms with Crippen molar-refractivity contribution >= 4 is 5.97 Å². The summed E-state index contributed by atoms with van der Waals surface area (Å²) < 4.78 is 35.5. The standard InChI is InChI=1S/C28H25FN2O5/c1-2-3-14-33-24-7-5-4-6-21(24)27-22-13-12-20(15-25(22)36-28(31)23(27)16-30)35-26(32)17-34-19-10-8-18(29)9-11-19/h4-13,15,27H,2-3,14,17,31H2,1H3. The lowest BCUT2D eigenvalue weighted by atomic mass is 9.83. The fraction of sp³-hybridized carbons (Fsp3) is 0.214. The van der Waals surface area contributed by atoms with Crippen LogP contribution in [0.1, 0.15) is 36.8 Å². The molecule has 0 bridgehead atoms. The Kier molecular flexibility index (Phi) is 7.71. The molecule has 36 heavy (non-hydrogen) atoms. The average molecular weight is 489 g/mol. The third-order valence-corrected chi connectivity index (χ3v) is 5.58. The summed E-state index contributed by atoms with van der Waals surface area (Å²) in [4.78, 5) is 12.3. The Morgan fingerprint density at radius 1 is 1.06 bits per heavy atom. The molecule has 8 heteroatoms. The summed E-state index contributed by atoms with van der Waals surface area (Å²) in [5, 5.41) is 9.85. The first-order chi connectivity index (χ1) is 17.5. The lowest BCUT2D eigenvalue weighted by Crippen LogP contribution is -2.22. The van der Waals surface area contributed by atoms with Crippen molar-refractivity contribution in [1.82, 2.24) is 0 Å². The minimum atomic E-state index is -0.650. The Balaban J connectivity index is 1.56. The molecule has 4 rings (SSSR count). The van der Waals surface area contributed by atoms with Crippen molar-refractivity contribution in [3.05, 3.63) is 95.1 Å². The van der Waals surface area contributed by atoms with E-state index in [0.29, 0.717) is 29.4 Å². The predicted molar refractivity (Wildman–Crippen MR) is 130 cm³/mol. The molecule has 0 radical (unpaired) electrons. The molecule has 0 spiro atoms. The number of rotatable bonds is 9. The van der Waals surface area contributed by atoms with Gasteiger partial charge in [0, 0.05) is 17.2 Å². The topological polar surface area (TPSA) is 104 Å². The second kappa shape index (κ2) is 11.3. The highest BCUT2D eigenvalue weighted by molar-refractivity contribution is 5.74. The first kappa shape index (κ1) is 24.6. The third kappa shape index (κ3) is 5.58. The maximum atomic E-state index is 13.0. The molecule has 3 aromatic rings. The highest BCUT2D eigenvalue weighted by Gasteiger charge is 2.33. The van der Waals surface area contributed by atoms with Crippen LogP contribution in [0.4, 0.5) is 4.39 Å². The molecule has 0 saturated heterocycles. The van der Waals surface area contributed by atoms with Gasteiger partial charge in [0.2, 0.25) is 5.88 Å². The number of nitrogens with zero attached hydrogens (tertiary/aromatic N) is 1. The maximum absolute atomic E-state index is 13.0. The van der Waals surface area contributed by atoms with Crippen LogP contribution in [0.5, 0.6) is 23.0 Å². The summed E-state index contributed by atoms with van der Waals surface area (Å²) in [5.74, 6) is 0.00231. The summed E-state index contributed by atoms with van der Waals surface area (Å²) >= 11 is 0. The van der Waals surface area contributed by atoms with Gasteiger partial charge < -0.3 is 24.7 Å². The molecule has 3 aromatic carbocycles. The number of esters is 1. The summed E-state index contributed by atoms with van der Waals surface area (Å²) in [6.07, 6.45) is 1.90. The molecule has 0 amide bonds. The lowest BCUT2D eigenvalue weighted by Gasteiger charge is -2.28. The summed E-state index contributed by atoms with van der Waals surface area (Å²) in [6, 6.07) is 19.9. The molecule has 1 aliphatic rings. The number of carbonyl (C=O) groups is 1. The van der Waals surface area contributed by atoms with E-state index in [1.165, 1.54) is 24.3 Å². The van der Waals surface area contributed by atoms with Crippen LogP contribution in [0.3, 0.4) is 0 Å². The van der Waals surface area contributed by atoms with E-state index in [4.69, 9.17) is 24.7 Å². The van der Waals surface area contributed by atoms with Gasteiger partial charge >= 0.3 is 5.97 Å². The van der Waals surface area contributed by atoms with Gasteiger partial charge in [0.25, 0.3) is 0 Å². The van der Waals surface area contributed by atoms with Gasteiger partial charge in [-0.2, -0.15) is 5.26 Å². The molecule has 1 aliphatic heterocycles. The van der Waals surface area contributed by atoms with Gasteiger partial charge in [0.1, 0.15) is 40.5 Å². The summed E-state index contributed by atoms with van der Waals surface area (Å²) in [7, 11) is 0. The quantitative estimate of drug-likeness (QED) is 0.251. The third-order valence-electron chi connectivity index (χ3n) is 5.58. The summed E-state index contributed by atoms with van der Waals surface area (Å²) in [5.41, 5.74) is 7.86. The van der Waals surface area contributed by atoms with Crippen LogP contribution in [0.2, 0.25) is 0 Å². The van der Waals surface area contributed by atoms with Crippen molar-refractivity contribution in [3.8, 4) is 29.1 Å². The zero-order chi connectivity index (χ0) is 25.5. The molecule has 2 N–H and O–H groups in total. The Labute approximate surface area is 208 Å². The van der Waals surface area contributed by atoms with Gasteiger partial charge in [-0.05, 0) is 42.8 Å². The molecular weight excluding hydrogens is 463 g/mol. The van der Waals surface area contributed by atoms with E-state index in [1.807, 2.05) is 24.3 Å². The molecule has 1 unspecified atom stereocenters. The number of halogens is 1. The minimum absolute atomic E-state index is 0.0264. The second-order valence-electron chi connectivity index (χ2n) is 8.08. The van der Waals surface area contributed by atoms with Crippen molar-refractivity contribution in [2.75, 3.05) is 13.2 Å². The first-order valence-electron chi connectivity index (χ1n) is 11.5. The fourth-order valence-corrected chi connectivity index (χ4v) is 3.83. The number of carbonyl (C=O) groups excluding carboxylic acids is 1. The largest absolute Gasteiger partial charge is 0.493 e. The molecule has 1 atom stereocenters. The van der Waals surface area contributed by atoms with Crippen LogP contribution in [0, 0.1) is 17.1 Å². The van der Waals surface area contributed by atoms with Crippen molar-refractivity contribution in [2.45, 2.75) is 25.7 Å². The number of unbranched alkanes of at least 4 members (excludes halogenated alkanes) is 1. The van der Waals surface area contributed by atoms with Crippen molar-refractivity contribution < 1.29 is 28.1 Å². The molecule has 0 aromatic heterocycles. The van der Waals surface area contributed by atoms with Crippen LogP contribution in [-0.4, -0.2) is 19.2 Å². The highest BCUT2D eigenvalue weighted by Crippen LogP contribution is 2.45. The Morgan fingerprint density at radius 2 is 1.81 bits per heavy atom. The van der Waals surface area contributed by atoms with Crippen LogP contribution in [0.15, 0.2) is 78.2 Å². The Bertz CT molecular complexity index is 1310. The zero-order valence-electron chi connectivity index (χ0n) is 19.7. The van der Waals surface area contributed by atoms with E-state index in [1.54, 1.807) is 18.2 Å². The summed E-state index contributed by atoms with van der Waals surface area (Å²) in [6.45, 7) is 2.27. The number of nitriles is 1. The SMILES string of the molecule is CCCCOc1ccccc1C1C(C#N)=C(N)Oc2cc(OC(=O)COc3ccc(F)cc3)ccc21. The molecule has 0 fully saturated rings. The fourth-order valence-electron chi connectivity index (χ4n) is 3.83. The van der Waals surface area contributed by atoms with Crippen molar-refractivity contribution in [2.24, 2.45) is 5.73 Å². The van der Waals surface area contributed by atoms with Gasteiger partial charge in [-0.15, -0.1) is 0 Å². The molecular formula is C28H25FN2O5. The van der Waals surface area contributed by atoms with E-state index in [-0.39, 0.29) is 23.8 Å². The number of para-hydroxylation sites is 1. The Morgan fingerprint density at radius 3 is 2.56 bits per heavy atom. The second-order valence-corrected chi connectivity index (χ2v) is 8.08. The number of fused-ring (bicyclic) bond motifs is 1. The van der Waals surface area contributed by atoms with E-state index in [9.17, 15) is 14.4 Å². The Hall–Kier alpha value is -4.51. The molecule has 7 nitrogen and oxygen atoms in total. The van der Waals surface area contributed by atoms with Gasteiger partial charge in [-0.3, -0.25) is 0 Å². The van der Waals surface area contributed by atoms with Crippen LogP contribution in [0.25, 0.3) is 0 Å². The van der Waals surface area contributed by atoms with Gasteiger partial charge in [-0.25, -0.2) is 9.18 Å². The normalized spacial score (nSPS) is 14.3. The van der Waals surface area contributed by atoms with Gasteiger partial charge in [-0.1, -0.05) is 37.6 Å². The van der Waals surface area contributed by atoms with E-state index < -0.39 is 17.7 Å². The number of nitrogens with two attached hydrogens (primary N) is 1. The van der Waals surface area contributed by atoms with Crippen molar-refractivity contribution in [3.63, 3.8) is 0 Å².